The van der Waals surface area contributed by atoms with E-state index in [4.69, 9.17) is 9.98 Å². The number of fused-ring (bicyclic) bond motifs is 2. The number of para-hydroxylation sites is 1. The van der Waals surface area contributed by atoms with Gasteiger partial charge in [-0.3, -0.25) is 4.99 Å². The summed E-state index contributed by atoms with van der Waals surface area (Å²) in [6.07, 6.45) is 5.20. The lowest BCUT2D eigenvalue weighted by Gasteiger charge is -2.07. The maximum atomic E-state index is 4.98. The van der Waals surface area contributed by atoms with Crippen molar-refractivity contribution in [3.63, 3.8) is 0 Å². The van der Waals surface area contributed by atoms with Crippen molar-refractivity contribution in [1.29, 1.82) is 0 Å². The number of nitrogens with zero attached hydrogens (tertiary/aromatic N) is 2. The molecule has 1 aliphatic rings. The molecular weight excluding hydrogens is 306 g/mol. The smallest absolute Gasteiger partial charge is 0.107 e. The molecule has 0 atom stereocenters. The molecule has 4 rings (SSSR count). The number of aromatic amines is 1. The van der Waals surface area contributed by atoms with Gasteiger partial charge in [-0.2, -0.15) is 0 Å². The number of H-pyrrole nitrogens is 1. The van der Waals surface area contributed by atoms with Crippen LogP contribution in [0.5, 0.6) is 0 Å². The van der Waals surface area contributed by atoms with Gasteiger partial charge in [0.2, 0.25) is 0 Å². The van der Waals surface area contributed by atoms with Gasteiger partial charge in [0.1, 0.15) is 5.82 Å². The van der Waals surface area contributed by atoms with Crippen molar-refractivity contribution in [3.8, 4) is 0 Å². The van der Waals surface area contributed by atoms with Crippen molar-refractivity contribution in [1.82, 2.24) is 9.97 Å². The van der Waals surface area contributed by atoms with E-state index in [1.807, 2.05) is 0 Å². The van der Waals surface area contributed by atoms with Gasteiger partial charge >= 0.3 is 0 Å². The summed E-state index contributed by atoms with van der Waals surface area (Å²) in [5, 5.41) is 0. The number of hydrogen-bond acceptors (Lipinski definition) is 2. The van der Waals surface area contributed by atoms with Crippen LogP contribution in [0.3, 0.4) is 0 Å². The van der Waals surface area contributed by atoms with Crippen molar-refractivity contribution in [2.45, 2.75) is 40.0 Å². The zero-order valence-corrected chi connectivity index (χ0v) is 15.1. The Balaban J connectivity index is 1.84. The highest BCUT2D eigenvalue weighted by molar-refractivity contribution is 6.07. The average molecular weight is 329 g/mol. The van der Waals surface area contributed by atoms with E-state index in [0.29, 0.717) is 0 Å². The number of benzene rings is 2. The number of aryl methyl sites for hydroxylation is 2. The van der Waals surface area contributed by atoms with Crippen LogP contribution in [0.4, 0.5) is 5.69 Å². The lowest BCUT2D eigenvalue weighted by molar-refractivity contribution is 0.861. The Labute approximate surface area is 148 Å². The van der Waals surface area contributed by atoms with Crippen LogP contribution in [0.1, 0.15) is 49.2 Å². The predicted molar refractivity (Wildman–Crippen MR) is 106 cm³/mol. The van der Waals surface area contributed by atoms with Gasteiger partial charge in [0, 0.05) is 18.4 Å². The van der Waals surface area contributed by atoms with Gasteiger partial charge in [0.05, 0.1) is 22.4 Å². The molecular formula is C22H23N3. The fourth-order valence-electron chi connectivity index (χ4n) is 3.51. The number of aliphatic imine (C=N–C) groups is 1. The van der Waals surface area contributed by atoms with E-state index in [1.165, 1.54) is 22.3 Å². The minimum atomic E-state index is 0.871. The van der Waals surface area contributed by atoms with Gasteiger partial charge in [-0.1, -0.05) is 36.8 Å². The molecule has 3 heteroatoms. The molecule has 0 fully saturated rings. The Morgan fingerprint density at radius 1 is 1.12 bits per heavy atom. The Bertz CT molecular complexity index is 1010. The fraction of sp³-hybridized carbons (Fsp3) is 0.273. The molecule has 1 aliphatic heterocycles. The third-order valence-electron chi connectivity index (χ3n) is 4.69. The summed E-state index contributed by atoms with van der Waals surface area (Å²) in [5.41, 5.74) is 9.26. The maximum absolute atomic E-state index is 4.98. The minimum Gasteiger partial charge on any atom is -0.342 e. The zero-order chi connectivity index (χ0) is 17.4. The first-order valence-electron chi connectivity index (χ1n) is 8.97. The van der Waals surface area contributed by atoms with Crippen molar-refractivity contribution < 1.29 is 0 Å². The second-order valence-corrected chi connectivity index (χ2v) is 6.91. The molecule has 1 aromatic heterocycles. The number of allylic oxidation sites excluding steroid dienone is 1. The lowest BCUT2D eigenvalue weighted by atomic mass is 10.0. The fourth-order valence-corrected chi connectivity index (χ4v) is 3.51. The standard InChI is InChI=1S/C22H23N3/c1-4-7-21-24-20-13-17(12-15(3)22(20)25-21)19-11-14(2)10-16-8-5-6-9-18(16)23-19/h5-6,8-10,12-13H,4,7,11H2,1-3H3,(H,24,25). The molecule has 0 aliphatic carbocycles. The van der Waals surface area contributed by atoms with Gasteiger partial charge in [-0.05, 0) is 49.6 Å². The van der Waals surface area contributed by atoms with E-state index in [0.717, 1.165) is 47.5 Å². The molecule has 0 radical (unpaired) electrons. The van der Waals surface area contributed by atoms with Crippen molar-refractivity contribution in [3.05, 3.63) is 64.5 Å². The number of hydrogen-bond donors (Lipinski definition) is 1. The molecule has 0 saturated carbocycles. The molecule has 0 unspecified atom stereocenters. The van der Waals surface area contributed by atoms with Crippen LogP contribution in [-0.2, 0) is 6.42 Å². The van der Waals surface area contributed by atoms with Crippen LogP contribution in [0.25, 0.3) is 17.1 Å². The number of imidazole rings is 1. The largest absolute Gasteiger partial charge is 0.342 e. The summed E-state index contributed by atoms with van der Waals surface area (Å²) in [6, 6.07) is 12.8. The van der Waals surface area contributed by atoms with Gasteiger partial charge in [0.25, 0.3) is 0 Å². The summed E-state index contributed by atoms with van der Waals surface area (Å²) in [6.45, 7) is 6.49. The van der Waals surface area contributed by atoms with Gasteiger partial charge in [-0.15, -0.1) is 0 Å². The number of rotatable bonds is 3. The molecule has 0 spiro atoms. The summed E-state index contributed by atoms with van der Waals surface area (Å²) >= 11 is 0. The minimum absolute atomic E-state index is 0.871. The first kappa shape index (κ1) is 15.8. The first-order chi connectivity index (χ1) is 12.1. The third kappa shape index (κ3) is 3.02. The molecule has 0 amide bonds. The molecule has 0 bridgehead atoms. The molecule has 126 valence electrons. The Morgan fingerprint density at radius 3 is 2.80 bits per heavy atom. The Hall–Kier alpha value is -2.68. The lowest BCUT2D eigenvalue weighted by Crippen LogP contribution is -2.01. The third-order valence-corrected chi connectivity index (χ3v) is 4.69. The molecule has 2 aromatic carbocycles. The first-order valence-corrected chi connectivity index (χ1v) is 8.97. The second-order valence-electron chi connectivity index (χ2n) is 6.91. The van der Waals surface area contributed by atoms with E-state index < -0.39 is 0 Å². The number of nitrogens with one attached hydrogen (secondary N) is 1. The van der Waals surface area contributed by atoms with Crippen LogP contribution in [0, 0.1) is 6.92 Å². The highest BCUT2D eigenvalue weighted by Gasteiger charge is 2.14. The molecule has 1 N–H and O–H groups in total. The summed E-state index contributed by atoms with van der Waals surface area (Å²) in [4.78, 5) is 13.2. The van der Waals surface area contributed by atoms with E-state index in [1.54, 1.807) is 0 Å². The van der Waals surface area contributed by atoms with Crippen molar-refractivity contribution in [2.24, 2.45) is 4.99 Å². The predicted octanol–water partition coefficient (Wildman–Crippen LogP) is 5.75. The van der Waals surface area contributed by atoms with E-state index in [9.17, 15) is 0 Å². The highest BCUT2D eigenvalue weighted by atomic mass is 14.9. The van der Waals surface area contributed by atoms with Crippen LogP contribution >= 0.6 is 0 Å². The molecule has 2 heterocycles. The maximum Gasteiger partial charge on any atom is 0.107 e. The van der Waals surface area contributed by atoms with Crippen LogP contribution in [0.15, 0.2) is 47.0 Å². The molecule has 3 nitrogen and oxygen atoms in total. The zero-order valence-electron chi connectivity index (χ0n) is 15.1. The highest BCUT2D eigenvalue weighted by Crippen LogP contribution is 2.29. The van der Waals surface area contributed by atoms with Crippen LogP contribution in [0.2, 0.25) is 0 Å². The normalized spacial score (nSPS) is 14.0. The van der Waals surface area contributed by atoms with Gasteiger partial charge in [-0.25, -0.2) is 4.98 Å². The SMILES string of the molecule is CCCc1nc2c(C)cc(C3=Nc4ccccc4C=C(C)C3)cc2[nH]1. The van der Waals surface area contributed by atoms with E-state index in [2.05, 4.69) is 68.2 Å². The van der Waals surface area contributed by atoms with Crippen LogP contribution < -0.4 is 0 Å². The Morgan fingerprint density at radius 2 is 1.96 bits per heavy atom. The molecule has 25 heavy (non-hydrogen) atoms. The quantitative estimate of drug-likeness (QED) is 0.653. The van der Waals surface area contributed by atoms with Gasteiger partial charge in [0.15, 0.2) is 0 Å². The van der Waals surface area contributed by atoms with E-state index in [-0.39, 0.29) is 0 Å². The average Bonchev–Trinajstić information content (AvgIpc) is 2.91. The van der Waals surface area contributed by atoms with Crippen molar-refractivity contribution in [2.75, 3.05) is 0 Å². The monoisotopic (exact) mass is 329 g/mol. The van der Waals surface area contributed by atoms with Gasteiger partial charge < -0.3 is 4.98 Å². The summed E-state index contributed by atoms with van der Waals surface area (Å²) < 4.78 is 0. The molecule has 3 aromatic rings. The second kappa shape index (κ2) is 6.32. The summed E-state index contributed by atoms with van der Waals surface area (Å²) in [7, 11) is 0. The van der Waals surface area contributed by atoms with Crippen molar-refractivity contribution >= 4 is 28.5 Å². The Kier molecular flexibility index (Phi) is 4.00. The summed E-state index contributed by atoms with van der Waals surface area (Å²) in [5.74, 6) is 1.07. The molecule has 0 saturated heterocycles. The van der Waals surface area contributed by atoms with E-state index >= 15 is 0 Å². The topological polar surface area (TPSA) is 41.0 Å². The van der Waals surface area contributed by atoms with Crippen LogP contribution in [-0.4, -0.2) is 15.7 Å². The number of aromatic nitrogens is 2.